The Hall–Kier alpha value is -1.96. The molecular formula is C23H30Cl3N5O. The molecule has 4 rings (SSSR count). The predicted octanol–water partition coefficient (Wildman–Crippen LogP) is 4.78. The highest BCUT2D eigenvalue weighted by Gasteiger charge is 2.35. The van der Waals surface area contributed by atoms with Crippen LogP contribution in [-0.2, 0) is 0 Å². The van der Waals surface area contributed by atoms with Crippen LogP contribution >= 0.6 is 37.2 Å². The molecule has 32 heavy (non-hydrogen) atoms. The van der Waals surface area contributed by atoms with E-state index in [1.54, 1.807) is 13.3 Å². The lowest BCUT2D eigenvalue weighted by Gasteiger charge is -2.38. The van der Waals surface area contributed by atoms with Gasteiger partial charge < -0.3 is 16.2 Å². The van der Waals surface area contributed by atoms with Crippen LogP contribution in [-0.4, -0.2) is 33.6 Å². The van der Waals surface area contributed by atoms with E-state index in [1.165, 1.54) is 0 Å². The van der Waals surface area contributed by atoms with E-state index in [1.807, 2.05) is 48.7 Å². The van der Waals surface area contributed by atoms with Gasteiger partial charge in [0.1, 0.15) is 5.75 Å². The number of aromatic nitrogens is 3. The zero-order valence-electron chi connectivity index (χ0n) is 18.1. The number of hydrogen-bond donors (Lipinski definition) is 2. The van der Waals surface area contributed by atoms with Gasteiger partial charge in [-0.05, 0) is 68.2 Å². The van der Waals surface area contributed by atoms with E-state index in [9.17, 15) is 0 Å². The summed E-state index contributed by atoms with van der Waals surface area (Å²) in [5, 5.41) is 0.990. The molecule has 0 bridgehead atoms. The largest absolute Gasteiger partial charge is 0.497 e. The first-order valence-electron chi connectivity index (χ1n) is 9.93. The van der Waals surface area contributed by atoms with Gasteiger partial charge >= 0.3 is 0 Å². The molecule has 4 N–H and O–H groups in total. The summed E-state index contributed by atoms with van der Waals surface area (Å²) in [6.07, 6.45) is 10.1. The van der Waals surface area contributed by atoms with E-state index >= 15 is 0 Å². The van der Waals surface area contributed by atoms with Crippen molar-refractivity contribution in [2.45, 2.75) is 43.7 Å². The number of benzene rings is 1. The fraction of sp³-hybridized carbons (Fsp3) is 0.348. The van der Waals surface area contributed by atoms with Crippen molar-refractivity contribution in [1.82, 2.24) is 15.0 Å². The third-order valence-electron chi connectivity index (χ3n) is 5.66. The first-order valence-corrected chi connectivity index (χ1v) is 9.93. The second-order valence-electron chi connectivity index (χ2n) is 8.14. The molecule has 1 saturated carbocycles. The van der Waals surface area contributed by atoms with E-state index < -0.39 is 0 Å². The molecule has 0 amide bonds. The molecular weight excluding hydrogens is 469 g/mol. The van der Waals surface area contributed by atoms with Crippen LogP contribution in [0.3, 0.4) is 0 Å². The number of pyridine rings is 1. The minimum Gasteiger partial charge on any atom is -0.497 e. The molecule has 3 unspecified atom stereocenters. The Morgan fingerprint density at radius 2 is 1.91 bits per heavy atom. The molecule has 0 spiro atoms. The fourth-order valence-electron chi connectivity index (χ4n) is 4.10. The average Bonchev–Trinajstić information content (AvgIpc) is 2.71. The predicted molar refractivity (Wildman–Crippen MR) is 138 cm³/mol. The topological polar surface area (TPSA) is 99.9 Å². The number of nitrogens with two attached hydrogens (primary N) is 2. The fourth-order valence-corrected chi connectivity index (χ4v) is 4.10. The molecule has 9 heteroatoms. The van der Waals surface area contributed by atoms with Crippen LogP contribution < -0.4 is 16.2 Å². The number of ether oxygens (including phenoxy) is 1. The van der Waals surface area contributed by atoms with Crippen LogP contribution in [0.25, 0.3) is 23.1 Å². The van der Waals surface area contributed by atoms with Gasteiger partial charge in [0.2, 0.25) is 0 Å². The maximum Gasteiger partial charge on any atom is 0.152 e. The van der Waals surface area contributed by atoms with E-state index in [0.29, 0.717) is 5.82 Å². The molecule has 1 fully saturated rings. The third kappa shape index (κ3) is 6.30. The molecule has 1 aliphatic carbocycles. The Balaban J connectivity index is 0.00000171. The summed E-state index contributed by atoms with van der Waals surface area (Å²) in [4.78, 5) is 13.8. The van der Waals surface area contributed by atoms with E-state index in [-0.39, 0.29) is 54.7 Å². The smallest absolute Gasteiger partial charge is 0.152 e. The molecule has 1 aromatic carbocycles. The van der Waals surface area contributed by atoms with Crippen LogP contribution in [0.1, 0.15) is 49.2 Å². The molecule has 1 aliphatic rings. The van der Waals surface area contributed by atoms with Gasteiger partial charge in [-0.1, -0.05) is 6.07 Å². The molecule has 0 saturated heterocycles. The van der Waals surface area contributed by atoms with Crippen molar-refractivity contribution in [3.63, 3.8) is 0 Å². The lowest BCUT2D eigenvalue weighted by Crippen LogP contribution is -2.49. The first-order chi connectivity index (χ1) is 13.9. The second-order valence-corrected chi connectivity index (χ2v) is 8.14. The highest BCUT2D eigenvalue weighted by molar-refractivity contribution is 5.86. The lowest BCUT2D eigenvalue weighted by atomic mass is 9.73. The molecule has 2 heterocycles. The minimum absolute atomic E-state index is 0. The van der Waals surface area contributed by atoms with Crippen molar-refractivity contribution in [3.05, 3.63) is 59.8 Å². The van der Waals surface area contributed by atoms with Crippen molar-refractivity contribution >= 4 is 60.3 Å². The molecule has 0 aliphatic heterocycles. The van der Waals surface area contributed by atoms with Crippen LogP contribution in [0.5, 0.6) is 5.75 Å². The van der Waals surface area contributed by atoms with Crippen LogP contribution in [0, 0.1) is 0 Å². The Bertz CT molecular complexity index is 1050. The Morgan fingerprint density at radius 3 is 2.56 bits per heavy atom. The summed E-state index contributed by atoms with van der Waals surface area (Å²) >= 11 is 0. The Labute approximate surface area is 207 Å². The third-order valence-corrected chi connectivity index (χ3v) is 5.66. The number of methoxy groups -OCH3 is 1. The van der Waals surface area contributed by atoms with Crippen molar-refractivity contribution in [2.75, 3.05) is 7.11 Å². The van der Waals surface area contributed by atoms with Gasteiger partial charge in [-0.2, -0.15) is 0 Å². The maximum atomic E-state index is 6.57. The van der Waals surface area contributed by atoms with E-state index in [0.717, 1.165) is 47.2 Å². The summed E-state index contributed by atoms with van der Waals surface area (Å²) in [5.41, 5.74) is 15.6. The molecule has 0 radical (unpaired) electrons. The van der Waals surface area contributed by atoms with Gasteiger partial charge in [0.15, 0.2) is 5.82 Å². The quantitative estimate of drug-likeness (QED) is 0.537. The number of halogens is 3. The zero-order valence-corrected chi connectivity index (χ0v) is 20.6. The minimum atomic E-state index is -0.223. The summed E-state index contributed by atoms with van der Waals surface area (Å²) in [6, 6.07) is 9.76. The molecule has 3 aromatic rings. The SMILES string of the molecule is COc1ccc2nc(/C=C\c3cccnc3)nc(C3CCC(C)(N)CC3N)c2c1.Cl.Cl.Cl. The average molecular weight is 499 g/mol. The number of nitrogens with zero attached hydrogens (tertiary/aromatic N) is 3. The summed E-state index contributed by atoms with van der Waals surface area (Å²) in [6.45, 7) is 2.08. The molecule has 174 valence electrons. The molecule has 3 atom stereocenters. The number of hydrogen-bond acceptors (Lipinski definition) is 6. The van der Waals surface area contributed by atoms with Crippen molar-refractivity contribution < 1.29 is 4.74 Å². The summed E-state index contributed by atoms with van der Waals surface area (Å²) < 4.78 is 5.43. The summed E-state index contributed by atoms with van der Waals surface area (Å²) in [7, 11) is 1.67. The molecule has 2 aromatic heterocycles. The first kappa shape index (κ1) is 28.1. The standard InChI is InChI=1S/C23H27N5O.3ClH/c1-23(25)10-9-17(19(24)13-23)22-18-12-16(29-2)6-7-20(18)27-21(28-22)8-5-15-4-3-11-26-14-15;;;/h3-8,11-12,14,17,19H,9-10,13,24-25H2,1-2H3;3*1H/b8-5-;;;. The van der Waals surface area contributed by atoms with E-state index in [2.05, 4.69) is 11.9 Å². The number of rotatable bonds is 4. The second kappa shape index (κ2) is 11.8. The van der Waals surface area contributed by atoms with Gasteiger partial charge in [-0.3, -0.25) is 4.98 Å². The van der Waals surface area contributed by atoms with Crippen LogP contribution in [0.2, 0.25) is 0 Å². The van der Waals surface area contributed by atoms with Gasteiger partial charge in [0, 0.05) is 35.3 Å². The normalized spacial score (nSPS) is 22.5. The van der Waals surface area contributed by atoms with Crippen molar-refractivity contribution in [2.24, 2.45) is 11.5 Å². The maximum absolute atomic E-state index is 6.57. The van der Waals surface area contributed by atoms with Crippen LogP contribution in [0.4, 0.5) is 0 Å². The highest BCUT2D eigenvalue weighted by Crippen LogP contribution is 2.38. The van der Waals surface area contributed by atoms with Gasteiger partial charge in [-0.15, -0.1) is 37.2 Å². The monoisotopic (exact) mass is 497 g/mol. The van der Waals surface area contributed by atoms with Gasteiger partial charge in [0.05, 0.1) is 18.3 Å². The van der Waals surface area contributed by atoms with Gasteiger partial charge in [0.25, 0.3) is 0 Å². The van der Waals surface area contributed by atoms with E-state index in [4.69, 9.17) is 26.2 Å². The number of fused-ring (bicyclic) bond motifs is 1. The van der Waals surface area contributed by atoms with Crippen LogP contribution in [0.15, 0.2) is 42.7 Å². The van der Waals surface area contributed by atoms with Gasteiger partial charge in [-0.25, -0.2) is 9.97 Å². The highest BCUT2D eigenvalue weighted by atomic mass is 35.5. The Kier molecular flexibility index (Phi) is 10.3. The van der Waals surface area contributed by atoms with Crippen molar-refractivity contribution in [1.29, 1.82) is 0 Å². The van der Waals surface area contributed by atoms with Crippen molar-refractivity contribution in [3.8, 4) is 5.75 Å². The molecule has 6 nitrogen and oxygen atoms in total. The zero-order chi connectivity index (χ0) is 20.4. The summed E-state index contributed by atoms with van der Waals surface area (Å²) in [5.74, 6) is 1.58. The Morgan fingerprint density at radius 1 is 1.12 bits per heavy atom. The lowest BCUT2D eigenvalue weighted by molar-refractivity contribution is 0.261.